The molecule has 3 rings (SSSR count). The number of nitrogens with one attached hydrogen (secondary N) is 2. The van der Waals surface area contributed by atoms with E-state index in [0.717, 1.165) is 21.9 Å². The maximum absolute atomic E-state index is 13.6. The van der Waals surface area contributed by atoms with Gasteiger partial charge in [-0.1, -0.05) is 48.9 Å². The zero-order chi connectivity index (χ0) is 25.6. The Bertz CT molecular complexity index is 1280. The molecule has 35 heavy (non-hydrogen) atoms. The number of carbonyl (C=O) groups excluding carboxylic acids is 2. The fourth-order valence-electron chi connectivity index (χ4n) is 3.50. The molecule has 8 heteroatoms. The number of amides is 2. The molecule has 2 amide bonds. The van der Waals surface area contributed by atoms with Gasteiger partial charge in [-0.15, -0.1) is 0 Å². The Hall–Kier alpha value is -3.65. The molecule has 184 valence electrons. The number of sulfonamides is 1. The van der Waals surface area contributed by atoms with E-state index in [2.05, 4.69) is 10.6 Å². The molecule has 0 aliphatic heterocycles. The van der Waals surface area contributed by atoms with Crippen molar-refractivity contribution in [2.24, 2.45) is 0 Å². The van der Waals surface area contributed by atoms with Crippen molar-refractivity contribution >= 4 is 33.2 Å². The summed E-state index contributed by atoms with van der Waals surface area (Å²) in [4.78, 5) is 25.8. The van der Waals surface area contributed by atoms with Crippen LogP contribution in [0.2, 0.25) is 0 Å². The standard InChI is InChI=1S/C27H31N3O4S/c1-5-21-12-14-22(15-13-21)30(35(33,34)23-16-10-20(4)11-17-23)18-26(31)29-25-9-7-6-8-24(25)27(32)28-19(2)3/h6-17,19H,5,18H2,1-4H3,(H,28,32)(H,29,31). The Kier molecular flexibility index (Phi) is 8.30. The van der Waals surface area contributed by atoms with E-state index in [4.69, 9.17) is 0 Å². The van der Waals surface area contributed by atoms with Crippen LogP contribution in [0.15, 0.2) is 77.7 Å². The maximum Gasteiger partial charge on any atom is 0.264 e. The summed E-state index contributed by atoms with van der Waals surface area (Å²) < 4.78 is 28.2. The van der Waals surface area contributed by atoms with Gasteiger partial charge in [-0.2, -0.15) is 0 Å². The first-order chi connectivity index (χ1) is 16.6. The Balaban J connectivity index is 1.93. The molecule has 7 nitrogen and oxygen atoms in total. The Labute approximate surface area is 207 Å². The third-order valence-corrected chi connectivity index (χ3v) is 7.18. The van der Waals surface area contributed by atoms with Crippen molar-refractivity contribution in [3.8, 4) is 0 Å². The molecule has 0 atom stereocenters. The Morgan fingerprint density at radius 3 is 2.14 bits per heavy atom. The molecule has 0 heterocycles. The van der Waals surface area contributed by atoms with Gasteiger partial charge in [-0.25, -0.2) is 8.42 Å². The monoisotopic (exact) mass is 493 g/mol. The van der Waals surface area contributed by atoms with Crippen LogP contribution in [-0.2, 0) is 21.2 Å². The lowest BCUT2D eigenvalue weighted by atomic mass is 10.1. The van der Waals surface area contributed by atoms with E-state index >= 15 is 0 Å². The lowest BCUT2D eigenvalue weighted by Crippen LogP contribution is -2.38. The van der Waals surface area contributed by atoms with Gasteiger partial charge >= 0.3 is 0 Å². The Morgan fingerprint density at radius 1 is 0.914 bits per heavy atom. The number of hydrogen-bond acceptors (Lipinski definition) is 4. The molecule has 0 aliphatic rings. The fourth-order valence-corrected chi connectivity index (χ4v) is 4.92. The molecule has 0 aliphatic carbocycles. The van der Waals surface area contributed by atoms with Crippen molar-refractivity contribution < 1.29 is 18.0 Å². The van der Waals surface area contributed by atoms with Gasteiger partial charge in [0, 0.05) is 6.04 Å². The van der Waals surface area contributed by atoms with Crippen LogP contribution in [0.3, 0.4) is 0 Å². The zero-order valence-corrected chi connectivity index (χ0v) is 21.2. The summed E-state index contributed by atoms with van der Waals surface area (Å²) in [6, 6.07) is 20.1. The molecule has 0 fully saturated rings. The highest BCUT2D eigenvalue weighted by atomic mass is 32.2. The van der Waals surface area contributed by atoms with E-state index in [1.54, 1.807) is 48.5 Å². The molecule has 0 saturated heterocycles. The highest BCUT2D eigenvalue weighted by Gasteiger charge is 2.27. The molecule has 3 aromatic rings. The largest absolute Gasteiger partial charge is 0.350 e. The fraction of sp³-hybridized carbons (Fsp3) is 0.259. The quantitative estimate of drug-likeness (QED) is 0.458. The van der Waals surface area contributed by atoms with Crippen LogP contribution in [-0.4, -0.2) is 32.8 Å². The van der Waals surface area contributed by atoms with Crippen molar-refractivity contribution in [3.05, 3.63) is 89.5 Å². The predicted molar refractivity (Wildman–Crippen MR) is 139 cm³/mol. The minimum absolute atomic E-state index is 0.0764. The number of para-hydroxylation sites is 1. The van der Waals surface area contributed by atoms with Crippen LogP contribution in [0, 0.1) is 6.92 Å². The summed E-state index contributed by atoms with van der Waals surface area (Å²) in [5.41, 5.74) is 2.97. The van der Waals surface area contributed by atoms with E-state index in [9.17, 15) is 18.0 Å². The average Bonchev–Trinajstić information content (AvgIpc) is 2.82. The van der Waals surface area contributed by atoms with Gasteiger partial charge in [-0.3, -0.25) is 13.9 Å². The molecule has 0 radical (unpaired) electrons. The van der Waals surface area contributed by atoms with E-state index in [1.807, 2.05) is 39.8 Å². The van der Waals surface area contributed by atoms with Gasteiger partial charge < -0.3 is 10.6 Å². The van der Waals surface area contributed by atoms with Gasteiger partial charge in [-0.05, 0) is 69.2 Å². The number of aryl methyl sites for hydroxylation is 2. The number of nitrogens with zero attached hydrogens (tertiary/aromatic N) is 1. The van der Waals surface area contributed by atoms with E-state index in [-0.39, 0.29) is 16.8 Å². The molecular weight excluding hydrogens is 462 g/mol. The SMILES string of the molecule is CCc1ccc(N(CC(=O)Nc2ccccc2C(=O)NC(C)C)S(=O)(=O)c2ccc(C)cc2)cc1. The molecule has 0 saturated carbocycles. The predicted octanol–water partition coefficient (Wildman–Crippen LogP) is 4.53. The molecule has 3 aromatic carbocycles. The van der Waals surface area contributed by atoms with E-state index in [0.29, 0.717) is 16.9 Å². The van der Waals surface area contributed by atoms with Gasteiger partial charge in [0.25, 0.3) is 15.9 Å². The van der Waals surface area contributed by atoms with Crippen molar-refractivity contribution in [3.63, 3.8) is 0 Å². The normalized spacial score (nSPS) is 11.2. The van der Waals surface area contributed by atoms with Gasteiger partial charge in [0.05, 0.1) is 21.8 Å². The summed E-state index contributed by atoms with van der Waals surface area (Å²) in [5.74, 6) is -0.889. The lowest BCUT2D eigenvalue weighted by Gasteiger charge is -2.24. The van der Waals surface area contributed by atoms with Gasteiger partial charge in [0.2, 0.25) is 5.91 Å². The highest BCUT2D eigenvalue weighted by Crippen LogP contribution is 2.25. The molecule has 0 bridgehead atoms. The van der Waals surface area contributed by atoms with Crippen LogP contribution < -0.4 is 14.9 Å². The molecule has 0 unspecified atom stereocenters. The van der Waals surface area contributed by atoms with Crippen LogP contribution >= 0.6 is 0 Å². The molecule has 2 N–H and O–H groups in total. The van der Waals surface area contributed by atoms with Crippen molar-refractivity contribution in [2.75, 3.05) is 16.2 Å². The molecule has 0 spiro atoms. The highest BCUT2D eigenvalue weighted by molar-refractivity contribution is 7.92. The second-order valence-corrected chi connectivity index (χ2v) is 10.4. The topological polar surface area (TPSA) is 95.6 Å². The molecular formula is C27H31N3O4S. The summed E-state index contributed by atoms with van der Waals surface area (Å²) in [7, 11) is -4.03. The first-order valence-electron chi connectivity index (χ1n) is 11.5. The summed E-state index contributed by atoms with van der Waals surface area (Å²) in [6.45, 7) is 7.11. The van der Waals surface area contributed by atoms with Crippen molar-refractivity contribution in [1.82, 2.24) is 5.32 Å². The number of carbonyl (C=O) groups is 2. The number of benzene rings is 3. The van der Waals surface area contributed by atoms with Crippen molar-refractivity contribution in [2.45, 2.75) is 45.1 Å². The second kappa shape index (κ2) is 11.2. The van der Waals surface area contributed by atoms with E-state index < -0.39 is 22.5 Å². The summed E-state index contributed by atoms with van der Waals surface area (Å²) in [6.07, 6.45) is 0.806. The van der Waals surface area contributed by atoms with Crippen LogP contribution in [0.25, 0.3) is 0 Å². The Morgan fingerprint density at radius 2 is 1.54 bits per heavy atom. The number of hydrogen-bond donors (Lipinski definition) is 2. The third-order valence-electron chi connectivity index (χ3n) is 5.39. The zero-order valence-electron chi connectivity index (χ0n) is 20.4. The number of anilines is 2. The smallest absolute Gasteiger partial charge is 0.264 e. The minimum Gasteiger partial charge on any atom is -0.350 e. The van der Waals surface area contributed by atoms with Crippen molar-refractivity contribution in [1.29, 1.82) is 0 Å². The van der Waals surface area contributed by atoms with Crippen LogP contribution in [0.4, 0.5) is 11.4 Å². The minimum atomic E-state index is -4.03. The number of rotatable bonds is 9. The van der Waals surface area contributed by atoms with Crippen LogP contribution in [0.5, 0.6) is 0 Å². The van der Waals surface area contributed by atoms with Crippen LogP contribution in [0.1, 0.15) is 42.3 Å². The van der Waals surface area contributed by atoms with Gasteiger partial charge in [0.15, 0.2) is 0 Å². The third kappa shape index (κ3) is 6.48. The lowest BCUT2D eigenvalue weighted by molar-refractivity contribution is -0.114. The van der Waals surface area contributed by atoms with E-state index in [1.165, 1.54) is 12.1 Å². The maximum atomic E-state index is 13.6. The average molecular weight is 494 g/mol. The summed E-state index contributed by atoms with van der Waals surface area (Å²) >= 11 is 0. The first-order valence-corrected chi connectivity index (χ1v) is 12.9. The van der Waals surface area contributed by atoms with Gasteiger partial charge in [0.1, 0.15) is 6.54 Å². The first kappa shape index (κ1) is 26.0. The molecule has 0 aromatic heterocycles. The summed E-state index contributed by atoms with van der Waals surface area (Å²) in [5, 5.41) is 5.52. The second-order valence-electron chi connectivity index (χ2n) is 8.57.